The zero-order valence-electron chi connectivity index (χ0n) is 14.9. The molecule has 2 aromatic carbocycles. The highest BCUT2D eigenvalue weighted by Gasteiger charge is 2.26. The third-order valence-corrected chi connectivity index (χ3v) is 4.95. The first-order valence-corrected chi connectivity index (χ1v) is 9.19. The topological polar surface area (TPSA) is 74.4 Å². The van der Waals surface area contributed by atoms with Gasteiger partial charge in [0.1, 0.15) is 5.82 Å². The van der Waals surface area contributed by atoms with Crippen molar-refractivity contribution >= 4 is 5.91 Å². The van der Waals surface area contributed by atoms with Gasteiger partial charge in [0, 0.05) is 31.1 Å². The highest BCUT2D eigenvalue weighted by Crippen LogP contribution is 2.25. The van der Waals surface area contributed by atoms with Crippen molar-refractivity contribution in [3.63, 3.8) is 0 Å². The van der Waals surface area contributed by atoms with Crippen LogP contribution in [0.2, 0.25) is 0 Å². The summed E-state index contributed by atoms with van der Waals surface area (Å²) in [4.78, 5) is 12.3. The van der Waals surface area contributed by atoms with Gasteiger partial charge in [0.05, 0.1) is 18.9 Å². The fraction of sp³-hybridized carbons (Fsp3) is 0.350. The van der Waals surface area contributed by atoms with Crippen LogP contribution in [-0.2, 0) is 4.74 Å². The van der Waals surface area contributed by atoms with Crippen LogP contribution < -0.4 is 21.5 Å². The standard InChI is InChI=1S/C20H23FN4O2/c21-16-7-5-15(6-8-16)20(26)23-19-11-17(24-25-19)13-1-3-14(4-2-13)18-12-22-9-10-27-18/h1-8,17-19,22,24-25H,9-12H2,(H,23,26)/t17?,18-,19?/m1/s1. The Labute approximate surface area is 157 Å². The number of hydrogen-bond donors (Lipinski definition) is 4. The number of nitrogens with one attached hydrogen (secondary N) is 4. The lowest BCUT2D eigenvalue weighted by molar-refractivity contribution is 0.0277. The molecule has 6 nitrogen and oxygen atoms in total. The number of ether oxygens (including phenoxy) is 1. The first-order chi connectivity index (χ1) is 13.2. The minimum absolute atomic E-state index is 0.1000. The summed E-state index contributed by atoms with van der Waals surface area (Å²) in [5.74, 6) is -0.586. The summed E-state index contributed by atoms with van der Waals surface area (Å²) in [6.07, 6.45) is 0.622. The first kappa shape index (κ1) is 18.1. The van der Waals surface area contributed by atoms with Gasteiger partial charge in [0.15, 0.2) is 0 Å². The lowest BCUT2D eigenvalue weighted by Crippen LogP contribution is -2.44. The van der Waals surface area contributed by atoms with Crippen molar-refractivity contribution in [3.8, 4) is 0 Å². The van der Waals surface area contributed by atoms with Crippen LogP contribution in [0.4, 0.5) is 4.39 Å². The summed E-state index contributed by atoms with van der Waals surface area (Å²) in [7, 11) is 0. The minimum Gasteiger partial charge on any atom is -0.371 e. The van der Waals surface area contributed by atoms with E-state index >= 15 is 0 Å². The summed E-state index contributed by atoms with van der Waals surface area (Å²) in [5, 5.41) is 6.25. The molecule has 4 N–H and O–H groups in total. The Bertz CT molecular complexity index is 776. The lowest BCUT2D eigenvalue weighted by atomic mass is 10.0. The molecule has 2 saturated heterocycles. The van der Waals surface area contributed by atoms with Crippen molar-refractivity contribution in [1.29, 1.82) is 0 Å². The molecule has 3 atom stereocenters. The lowest BCUT2D eigenvalue weighted by Gasteiger charge is -2.24. The molecule has 1 amide bonds. The van der Waals surface area contributed by atoms with Gasteiger partial charge in [-0.3, -0.25) is 4.79 Å². The molecule has 2 heterocycles. The molecule has 2 fully saturated rings. The molecule has 2 aliphatic rings. The quantitative estimate of drug-likeness (QED) is 0.660. The maximum Gasteiger partial charge on any atom is 0.252 e. The monoisotopic (exact) mass is 370 g/mol. The molecule has 0 aromatic heterocycles. The van der Waals surface area contributed by atoms with Gasteiger partial charge in [-0.25, -0.2) is 15.2 Å². The number of hydrazine groups is 1. The predicted octanol–water partition coefficient (Wildman–Crippen LogP) is 1.78. The van der Waals surface area contributed by atoms with Crippen LogP contribution in [-0.4, -0.2) is 31.8 Å². The molecule has 142 valence electrons. The van der Waals surface area contributed by atoms with Gasteiger partial charge in [-0.15, -0.1) is 0 Å². The summed E-state index contributed by atoms with van der Waals surface area (Å²) in [6.45, 7) is 2.47. The third-order valence-electron chi connectivity index (χ3n) is 4.95. The van der Waals surface area contributed by atoms with E-state index < -0.39 is 0 Å². The second kappa shape index (κ2) is 8.14. The van der Waals surface area contributed by atoms with Crippen molar-refractivity contribution in [2.24, 2.45) is 0 Å². The molecule has 27 heavy (non-hydrogen) atoms. The average Bonchev–Trinajstić information content (AvgIpc) is 3.18. The van der Waals surface area contributed by atoms with Crippen LogP contribution in [0.3, 0.4) is 0 Å². The molecule has 7 heteroatoms. The Hall–Kier alpha value is -2.32. The SMILES string of the molecule is O=C(NC1CC(c2ccc([C@H]3CNCCO3)cc2)NN1)c1ccc(F)cc1. The zero-order valence-corrected chi connectivity index (χ0v) is 14.9. The summed E-state index contributed by atoms with van der Waals surface area (Å²) in [6, 6.07) is 14.0. The Morgan fingerprint density at radius 3 is 2.48 bits per heavy atom. The molecule has 4 rings (SSSR count). The van der Waals surface area contributed by atoms with Gasteiger partial charge in [-0.2, -0.15) is 0 Å². The number of carbonyl (C=O) groups excluding carboxylic acids is 1. The van der Waals surface area contributed by atoms with E-state index in [1.165, 1.54) is 24.3 Å². The zero-order chi connectivity index (χ0) is 18.6. The van der Waals surface area contributed by atoms with Crippen molar-refractivity contribution < 1.29 is 13.9 Å². The van der Waals surface area contributed by atoms with E-state index in [-0.39, 0.29) is 30.0 Å². The van der Waals surface area contributed by atoms with Crippen LogP contribution in [0.25, 0.3) is 0 Å². The van der Waals surface area contributed by atoms with Gasteiger partial charge in [-0.05, 0) is 35.4 Å². The molecular formula is C20H23FN4O2. The van der Waals surface area contributed by atoms with Crippen molar-refractivity contribution in [2.45, 2.75) is 24.7 Å². The first-order valence-electron chi connectivity index (χ1n) is 9.19. The van der Waals surface area contributed by atoms with E-state index in [4.69, 9.17) is 4.74 Å². The van der Waals surface area contributed by atoms with Gasteiger partial charge in [-0.1, -0.05) is 24.3 Å². The number of amides is 1. The van der Waals surface area contributed by atoms with Gasteiger partial charge in [0.2, 0.25) is 0 Å². The number of rotatable bonds is 4. The number of morpholine rings is 1. The molecule has 2 unspecified atom stereocenters. The van der Waals surface area contributed by atoms with Crippen LogP contribution in [0, 0.1) is 5.82 Å². The van der Waals surface area contributed by atoms with Gasteiger partial charge < -0.3 is 15.4 Å². The van der Waals surface area contributed by atoms with Crippen molar-refractivity contribution in [3.05, 3.63) is 71.0 Å². The molecule has 0 bridgehead atoms. The second-order valence-electron chi connectivity index (χ2n) is 6.84. The average molecular weight is 370 g/mol. The fourth-order valence-corrected chi connectivity index (χ4v) is 3.43. The second-order valence-corrected chi connectivity index (χ2v) is 6.84. The summed E-state index contributed by atoms with van der Waals surface area (Å²) in [5.41, 5.74) is 9.07. The maximum absolute atomic E-state index is 13.0. The molecule has 0 saturated carbocycles. The molecule has 0 radical (unpaired) electrons. The molecule has 2 aliphatic heterocycles. The fourth-order valence-electron chi connectivity index (χ4n) is 3.43. The normalized spacial score (nSPS) is 25.3. The van der Waals surface area contributed by atoms with E-state index in [2.05, 4.69) is 45.8 Å². The van der Waals surface area contributed by atoms with Crippen LogP contribution >= 0.6 is 0 Å². The van der Waals surface area contributed by atoms with E-state index in [1.54, 1.807) is 0 Å². The van der Waals surface area contributed by atoms with E-state index in [0.29, 0.717) is 12.0 Å². The number of benzene rings is 2. The van der Waals surface area contributed by atoms with Crippen molar-refractivity contribution in [2.75, 3.05) is 19.7 Å². The summed E-state index contributed by atoms with van der Waals surface area (Å²) >= 11 is 0. The Morgan fingerprint density at radius 1 is 1.04 bits per heavy atom. The largest absolute Gasteiger partial charge is 0.371 e. The predicted molar refractivity (Wildman–Crippen MR) is 99.3 cm³/mol. The van der Waals surface area contributed by atoms with E-state index in [9.17, 15) is 9.18 Å². The Morgan fingerprint density at radius 2 is 1.78 bits per heavy atom. The van der Waals surface area contributed by atoms with Crippen LogP contribution in [0.15, 0.2) is 48.5 Å². The van der Waals surface area contributed by atoms with Crippen molar-refractivity contribution in [1.82, 2.24) is 21.5 Å². The Kier molecular flexibility index (Phi) is 5.45. The highest BCUT2D eigenvalue weighted by molar-refractivity contribution is 5.94. The molecule has 2 aromatic rings. The van der Waals surface area contributed by atoms with Crippen LogP contribution in [0.1, 0.15) is 40.1 Å². The van der Waals surface area contributed by atoms with Crippen LogP contribution in [0.5, 0.6) is 0 Å². The third kappa shape index (κ3) is 4.33. The van der Waals surface area contributed by atoms with E-state index in [0.717, 1.165) is 30.8 Å². The number of halogens is 1. The molecule has 0 spiro atoms. The smallest absolute Gasteiger partial charge is 0.252 e. The molecular weight excluding hydrogens is 347 g/mol. The molecule has 0 aliphatic carbocycles. The minimum atomic E-state index is -0.356. The highest BCUT2D eigenvalue weighted by atomic mass is 19.1. The van der Waals surface area contributed by atoms with E-state index in [1.807, 2.05) is 0 Å². The number of carbonyl (C=O) groups is 1. The van der Waals surface area contributed by atoms with Gasteiger partial charge >= 0.3 is 0 Å². The van der Waals surface area contributed by atoms with Gasteiger partial charge in [0.25, 0.3) is 5.91 Å². The maximum atomic E-state index is 13.0. The number of hydrogen-bond acceptors (Lipinski definition) is 5. The summed E-state index contributed by atoms with van der Waals surface area (Å²) < 4.78 is 18.8. The Balaban J connectivity index is 1.33.